The van der Waals surface area contributed by atoms with Gasteiger partial charge in [-0.15, -0.1) is 0 Å². The van der Waals surface area contributed by atoms with Gasteiger partial charge < -0.3 is 62.0 Å². The molecule has 1 saturated carbocycles. The quantitative estimate of drug-likeness (QED) is 0.234. The molecular weight excluding hydrogens is 802 g/mol. The number of likely N-dealkylation sites (N-methyl/N-ethyl adjacent to an activating group) is 2. The van der Waals surface area contributed by atoms with Gasteiger partial charge in [-0.3, -0.25) is 0 Å². The maximum atomic E-state index is 9.80. The van der Waals surface area contributed by atoms with Crippen LogP contribution in [0.2, 0.25) is 0 Å². The molecule has 248 valence electrons. The summed E-state index contributed by atoms with van der Waals surface area (Å²) in [5.74, 6) is 0.955. The Hall–Kier alpha value is -1.78. The Morgan fingerprint density at radius 2 is 1.00 bits per heavy atom. The molecule has 4 aliphatic heterocycles. The molecule has 5 aliphatic rings. The number of hydrogen-bond donors (Lipinski definition) is 1. The molecule has 47 heavy (non-hydrogen) atoms. The van der Waals surface area contributed by atoms with Crippen LogP contribution in [0.25, 0.3) is 0 Å². The molecule has 1 N–H and O–H groups in total. The van der Waals surface area contributed by atoms with Crippen molar-refractivity contribution in [2.75, 3.05) is 32.8 Å². The number of aliphatic hydroxyl groups excluding tert-OH is 1. The van der Waals surface area contributed by atoms with Crippen molar-refractivity contribution in [1.82, 2.24) is 0 Å². The summed E-state index contributed by atoms with van der Waals surface area (Å²) in [6.07, 6.45) is 5.18. The Morgan fingerprint density at radius 3 is 1.45 bits per heavy atom. The van der Waals surface area contributed by atoms with Crippen LogP contribution in [0.3, 0.4) is 0 Å². The Kier molecular flexibility index (Phi) is 9.58. The van der Waals surface area contributed by atoms with Crippen molar-refractivity contribution in [3.8, 4) is 0 Å². The molecule has 0 unspecified atom stereocenters. The van der Waals surface area contributed by atoms with Crippen LogP contribution in [-0.4, -0.2) is 46.9 Å². The second-order valence-corrected chi connectivity index (χ2v) is 14.8. The van der Waals surface area contributed by atoms with Gasteiger partial charge >= 0.3 is 0 Å². The molecule has 0 amide bonds. The molecule has 4 aromatic carbocycles. The number of benzene rings is 4. The van der Waals surface area contributed by atoms with E-state index >= 15 is 0 Å². The number of quaternary nitrogens is 2. The molecule has 9 rings (SSSR count). The van der Waals surface area contributed by atoms with Crippen LogP contribution in [0.5, 0.6) is 0 Å². The second kappa shape index (κ2) is 12.8. The lowest BCUT2D eigenvalue weighted by atomic mass is 9.78. The fourth-order valence-electron chi connectivity index (χ4n) is 11.2. The Balaban J connectivity index is 0.000000158. The van der Waals surface area contributed by atoms with Gasteiger partial charge in [-0.25, -0.2) is 0 Å². The summed E-state index contributed by atoms with van der Waals surface area (Å²) in [6, 6.07) is 37.5. The molecule has 5 heteroatoms. The Bertz CT molecular complexity index is 1750. The van der Waals surface area contributed by atoms with Crippen LogP contribution in [-0.2, 0) is 23.9 Å². The van der Waals surface area contributed by atoms with Gasteiger partial charge in [0.15, 0.2) is 0 Å². The first kappa shape index (κ1) is 35.1. The van der Waals surface area contributed by atoms with Crippen LogP contribution in [0.4, 0.5) is 0 Å². The minimum atomic E-state index is -0.0480. The number of nitrogens with zero attached hydrogens (tertiary/aromatic N) is 2. The average Bonchev–Trinajstić information content (AvgIpc) is 3.87. The summed E-state index contributed by atoms with van der Waals surface area (Å²) >= 11 is 0. The van der Waals surface area contributed by atoms with Gasteiger partial charge in [0.1, 0.15) is 29.7 Å². The smallest absolute Gasteiger partial charge is 0.149 e. The summed E-state index contributed by atoms with van der Waals surface area (Å²) in [7, 11) is 0. The normalized spacial score (nSPS) is 31.5. The van der Waals surface area contributed by atoms with E-state index in [0.717, 1.165) is 29.9 Å². The van der Waals surface area contributed by atoms with Crippen molar-refractivity contribution >= 4 is 0 Å². The maximum absolute atomic E-state index is 9.80. The van der Waals surface area contributed by atoms with Gasteiger partial charge in [-0.05, 0) is 51.7 Å². The third-order valence-electron chi connectivity index (χ3n) is 13.5. The van der Waals surface area contributed by atoms with E-state index in [2.05, 4.69) is 125 Å². The molecule has 3 nitrogen and oxygen atoms in total. The van der Waals surface area contributed by atoms with Crippen molar-refractivity contribution in [2.24, 2.45) is 5.92 Å². The van der Waals surface area contributed by atoms with Gasteiger partial charge in [0.05, 0.1) is 26.2 Å². The topological polar surface area (TPSA) is 20.2 Å². The molecule has 6 atom stereocenters. The molecule has 4 aromatic rings. The number of aliphatic hydroxyl groups is 1. The predicted octanol–water partition coefficient (Wildman–Crippen LogP) is 2.21. The molecule has 4 heterocycles. The fraction of sp³-hybridized carbons (Fsp3) is 0.429. The van der Waals surface area contributed by atoms with Crippen molar-refractivity contribution in [1.29, 1.82) is 0 Å². The molecule has 4 bridgehead atoms. The largest absolute Gasteiger partial charge is 1.00 e. The molecular formula is C42H50I2N2O. The van der Waals surface area contributed by atoms with Crippen LogP contribution in [0.15, 0.2) is 97.1 Å². The lowest BCUT2D eigenvalue weighted by Crippen LogP contribution is -3.00. The van der Waals surface area contributed by atoms with Crippen molar-refractivity contribution in [3.05, 3.63) is 142 Å². The van der Waals surface area contributed by atoms with E-state index in [9.17, 15) is 5.11 Å². The van der Waals surface area contributed by atoms with E-state index in [1.165, 1.54) is 59.1 Å². The monoisotopic (exact) mass is 852 g/mol. The Labute approximate surface area is 316 Å². The maximum Gasteiger partial charge on any atom is 0.149 e. The van der Waals surface area contributed by atoms with Crippen LogP contribution >= 0.6 is 0 Å². The van der Waals surface area contributed by atoms with E-state index in [1.807, 2.05) is 0 Å². The zero-order valence-corrected chi connectivity index (χ0v) is 32.7. The van der Waals surface area contributed by atoms with E-state index in [4.69, 9.17) is 0 Å². The highest BCUT2D eigenvalue weighted by Crippen LogP contribution is 2.62. The average molecular weight is 853 g/mol. The summed E-state index contributed by atoms with van der Waals surface area (Å²) in [6.45, 7) is 14.3. The van der Waals surface area contributed by atoms with Crippen LogP contribution in [0, 0.1) is 5.92 Å². The van der Waals surface area contributed by atoms with E-state index < -0.39 is 0 Å². The first-order valence-electron chi connectivity index (χ1n) is 17.6. The van der Waals surface area contributed by atoms with E-state index in [0.29, 0.717) is 12.1 Å². The number of fused-ring (bicyclic) bond motifs is 14. The van der Waals surface area contributed by atoms with Crippen LogP contribution < -0.4 is 48.0 Å². The van der Waals surface area contributed by atoms with E-state index in [-0.39, 0.29) is 65.6 Å². The van der Waals surface area contributed by atoms with Gasteiger partial charge in [-0.1, -0.05) is 97.1 Å². The van der Waals surface area contributed by atoms with Gasteiger partial charge in [0.25, 0.3) is 0 Å². The minimum Gasteiger partial charge on any atom is -1.00 e. The SMILES string of the molecule is CC[N@@+]1(CC2CC2)[C@H]2Cc3ccccc3[C@]1(C)c1ccccc12.CC[N@@+]1(CCO)[C@H]2Cc3ccccc3[C@]1(C)c1ccccc12.[I-].[I-]. The number of halogens is 2. The van der Waals surface area contributed by atoms with Gasteiger partial charge in [0, 0.05) is 52.1 Å². The summed E-state index contributed by atoms with van der Waals surface area (Å²) in [5.41, 5.74) is 12.3. The summed E-state index contributed by atoms with van der Waals surface area (Å²) < 4.78 is 2.22. The molecule has 1 fully saturated rings. The van der Waals surface area contributed by atoms with Crippen molar-refractivity contribution in [3.63, 3.8) is 0 Å². The third-order valence-corrected chi connectivity index (χ3v) is 13.5. The fourth-order valence-corrected chi connectivity index (χ4v) is 11.2. The Morgan fingerprint density at radius 1 is 0.596 bits per heavy atom. The van der Waals surface area contributed by atoms with Crippen molar-refractivity contribution < 1.29 is 62.0 Å². The van der Waals surface area contributed by atoms with Crippen molar-refractivity contribution in [2.45, 2.75) is 76.5 Å². The van der Waals surface area contributed by atoms with Gasteiger partial charge in [-0.2, -0.15) is 0 Å². The molecule has 0 radical (unpaired) electrons. The first-order chi connectivity index (χ1) is 21.9. The van der Waals surface area contributed by atoms with E-state index in [1.54, 1.807) is 22.3 Å². The molecule has 0 spiro atoms. The summed E-state index contributed by atoms with van der Waals surface area (Å²) in [4.78, 5) is 0. The zero-order chi connectivity index (χ0) is 31.0. The number of rotatable bonds is 6. The second-order valence-electron chi connectivity index (χ2n) is 14.8. The lowest BCUT2D eigenvalue weighted by molar-refractivity contribution is -0.998. The minimum absolute atomic E-state index is 0. The molecule has 1 aliphatic carbocycles. The van der Waals surface area contributed by atoms with Gasteiger partial charge in [0.2, 0.25) is 0 Å². The highest BCUT2D eigenvalue weighted by Gasteiger charge is 2.65. The number of hydrogen-bond acceptors (Lipinski definition) is 1. The zero-order valence-electron chi connectivity index (χ0n) is 28.4. The predicted molar refractivity (Wildman–Crippen MR) is 183 cm³/mol. The third kappa shape index (κ3) is 4.65. The first-order valence-corrected chi connectivity index (χ1v) is 17.6. The molecule has 0 saturated heterocycles. The summed E-state index contributed by atoms with van der Waals surface area (Å²) in [5, 5.41) is 9.80. The lowest BCUT2D eigenvalue weighted by Gasteiger charge is -2.54. The van der Waals surface area contributed by atoms with Crippen LogP contribution in [0.1, 0.15) is 97.1 Å². The highest BCUT2D eigenvalue weighted by atomic mass is 127. The standard InChI is InChI=1S/C22H26N.C20H24NO.2HI/c1-3-23(15-16-12-13-16)21-14-17-8-4-6-10-19(17)22(23,2)20-11-7-5-9-18(20)21;1-3-21(12-13-22)19-14-15-8-4-6-10-17(15)20(21,2)18-11-7-5-9-16(18)19;;/h4-11,16,21H,3,12-15H2,1-2H3;4-11,19,22H,3,12-14H2,1-2H3;2*1H/q2*+1;;/p-2/t21-,22+,23+;19-,20+,21+;;/m00../s1. The highest BCUT2D eigenvalue weighted by molar-refractivity contribution is 5.53. The molecule has 0 aromatic heterocycles.